The average molecular weight is 308 g/mol. The molecule has 2 aliphatic rings. The summed E-state index contributed by atoms with van der Waals surface area (Å²) in [6.07, 6.45) is 1.91. The lowest BCUT2D eigenvalue weighted by atomic mass is 10.3. The highest BCUT2D eigenvalue weighted by atomic mass is 16.5. The van der Waals surface area contributed by atoms with E-state index in [0.717, 1.165) is 63.9 Å². The molecule has 2 aliphatic heterocycles. The van der Waals surface area contributed by atoms with Crippen LogP contribution < -0.4 is 21.3 Å². The number of nitrogens with zero attached hydrogens (tertiary/aromatic N) is 4. The summed E-state index contributed by atoms with van der Waals surface area (Å²) in [4.78, 5) is 13.0. The summed E-state index contributed by atoms with van der Waals surface area (Å²) in [5, 5.41) is 0. The van der Waals surface area contributed by atoms with Gasteiger partial charge < -0.3 is 30.7 Å². The maximum absolute atomic E-state index is 6.37. The molecule has 3 heterocycles. The van der Waals surface area contributed by atoms with E-state index in [-0.39, 0.29) is 5.95 Å². The lowest BCUT2D eigenvalue weighted by molar-refractivity contribution is 0.152. The Balaban J connectivity index is 1.90. The molecule has 0 aromatic carbocycles. The third-order valence-electron chi connectivity index (χ3n) is 3.97. The molecule has 0 unspecified atom stereocenters. The standard InChI is InChI=1S/C14H24N6O2/c15-11-12(19-3-1-7-21-9-5-19)17-14(16)18-13(11)20-4-2-8-22-10-6-20/h1-10,15H2,(H2,16,17,18). The summed E-state index contributed by atoms with van der Waals surface area (Å²) in [6, 6.07) is 0. The van der Waals surface area contributed by atoms with Gasteiger partial charge in [0.15, 0.2) is 11.6 Å². The van der Waals surface area contributed by atoms with Crippen LogP contribution in [0.3, 0.4) is 0 Å². The molecule has 1 aromatic rings. The molecule has 3 rings (SSSR count). The molecule has 2 saturated heterocycles. The number of nitrogen functional groups attached to an aromatic ring is 2. The van der Waals surface area contributed by atoms with E-state index >= 15 is 0 Å². The molecule has 0 amide bonds. The first-order valence-electron chi connectivity index (χ1n) is 7.84. The van der Waals surface area contributed by atoms with Crippen LogP contribution >= 0.6 is 0 Å². The van der Waals surface area contributed by atoms with Crippen molar-refractivity contribution in [1.82, 2.24) is 9.97 Å². The smallest absolute Gasteiger partial charge is 0.224 e. The molecule has 122 valence electrons. The van der Waals surface area contributed by atoms with Gasteiger partial charge in [-0.2, -0.15) is 9.97 Å². The van der Waals surface area contributed by atoms with Crippen molar-refractivity contribution in [3.63, 3.8) is 0 Å². The molecule has 2 fully saturated rings. The zero-order chi connectivity index (χ0) is 15.4. The first kappa shape index (κ1) is 15.1. The Bertz CT molecular complexity index is 455. The van der Waals surface area contributed by atoms with Crippen LogP contribution in [0, 0.1) is 0 Å². The lowest BCUT2D eigenvalue weighted by Crippen LogP contribution is -2.32. The molecular weight excluding hydrogens is 284 g/mol. The summed E-state index contributed by atoms with van der Waals surface area (Å²) in [5.41, 5.74) is 12.9. The molecule has 0 atom stereocenters. The number of ether oxygens (including phenoxy) is 2. The van der Waals surface area contributed by atoms with Gasteiger partial charge in [0.05, 0.1) is 13.2 Å². The molecular formula is C14H24N6O2. The molecule has 0 saturated carbocycles. The van der Waals surface area contributed by atoms with Gasteiger partial charge in [0.25, 0.3) is 0 Å². The molecule has 0 spiro atoms. The molecule has 0 aliphatic carbocycles. The van der Waals surface area contributed by atoms with Crippen LogP contribution in [0.5, 0.6) is 0 Å². The second-order valence-corrected chi connectivity index (χ2v) is 5.55. The van der Waals surface area contributed by atoms with Gasteiger partial charge >= 0.3 is 0 Å². The fourth-order valence-electron chi connectivity index (χ4n) is 2.86. The van der Waals surface area contributed by atoms with Crippen LogP contribution in [0.15, 0.2) is 0 Å². The monoisotopic (exact) mass is 308 g/mol. The molecule has 0 radical (unpaired) electrons. The van der Waals surface area contributed by atoms with Crippen molar-refractivity contribution >= 4 is 23.3 Å². The second kappa shape index (κ2) is 6.97. The predicted molar refractivity (Wildman–Crippen MR) is 86.2 cm³/mol. The van der Waals surface area contributed by atoms with Gasteiger partial charge in [0, 0.05) is 39.4 Å². The maximum atomic E-state index is 6.37. The molecule has 22 heavy (non-hydrogen) atoms. The Morgan fingerprint density at radius 3 is 1.73 bits per heavy atom. The quantitative estimate of drug-likeness (QED) is 0.792. The van der Waals surface area contributed by atoms with E-state index in [2.05, 4.69) is 19.8 Å². The van der Waals surface area contributed by atoms with Gasteiger partial charge in [-0.15, -0.1) is 0 Å². The van der Waals surface area contributed by atoms with E-state index in [1.54, 1.807) is 0 Å². The number of hydrogen-bond acceptors (Lipinski definition) is 8. The van der Waals surface area contributed by atoms with Crippen molar-refractivity contribution in [2.75, 3.05) is 73.9 Å². The SMILES string of the molecule is Nc1nc(N2CCCOCC2)c(N)c(N2CCCOCC2)n1. The summed E-state index contributed by atoms with van der Waals surface area (Å²) < 4.78 is 11.0. The van der Waals surface area contributed by atoms with Crippen molar-refractivity contribution in [1.29, 1.82) is 0 Å². The van der Waals surface area contributed by atoms with Crippen molar-refractivity contribution in [3.8, 4) is 0 Å². The Morgan fingerprint density at radius 2 is 1.23 bits per heavy atom. The fourth-order valence-corrected chi connectivity index (χ4v) is 2.86. The largest absolute Gasteiger partial charge is 0.393 e. The van der Waals surface area contributed by atoms with Gasteiger partial charge in [-0.05, 0) is 12.8 Å². The Morgan fingerprint density at radius 1 is 0.727 bits per heavy atom. The highest BCUT2D eigenvalue weighted by molar-refractivity contribution is 5.77. The van der Waals surface area contributed by atoms with E-state index in [9.17, 15) is 0 Å². The highest BCUT2D eigenvalue weighted by Gasteiger charge is 2.22. The minimum Gasteiger partial charge on any atom is -0.393 e. The van der Waals surface area contributed by atoms with Gasteiger partial charge in [0.2, 0.25) is 5.95 Å². The van der Waals surface area contributed by atoms with Crippen LogP contribution in [0.1, 0.15) is 12.8 Å². The second-order valence-electron chi connectivity index (χ2n) is 5.55. The Hall–Kier alpha value is -1.80. The lowest BCUT2D eigenvalue weighted by Gasteiger charge is -2.27. The van der Waals surface area contributed by atoms with Crippen LogP contribution in [0.2, 0.25) is 0 Å². The van der Waals surface area contributed by atoms with E-state index in [1.165, 1.54) is 0 Å². The molecule has 1 aromatic heterocycles. The summed E-state index contributed by atoms with van der Waals surface area (Å²) >= 11 is 0. The van der Waals surface area contributed by atoms with Crippen molar-refractivity contribution in [2.45, 2.75) is 12.8 Å². The summed E-state index contributed by atoms with van der Waals surface area (Å²) in [5.74, 6) is 1.70. The van der Waals surface area contributed by atoms with E-state index in [0.29, 0.717) is 18.9 Å². The minimum atomic E-state index is 0.259. The van der Waals surface area contributed by atoms with Crippen LogP contribution in [-0.4, -0.2) is 62.6 Å². The molecule has 8 nitrogen and oxygen atoms in total. The maximum Gasteiger partial charge on any atom is 0.224 e. The Labute approximate surface area is 130 Å². The number of aromatic nitrogens is 2. The number of anilines is 4. The zero-order valence-corrected chi connectivity index (χ0v) is 12.8. The minimum absolute atomic E-state index is 0.259. The number of rotatable bonds is 2. The zero-order valence-electron chi connectivity index (χ0n) is 12.8. The first-order valence-corrected chi connectivity index (χ1v) is 7.84. The van der Waals surface area contributed by atoms with Gasteiger partial charge in [-0.3, -0.25) is 0 Å². The fraction of sp³-hybridized carbons (Fsp3) is 0.714. The average Bonchev–Trinajstić information content (AvgIpc) is 2.93. The van der Waals surface area contributed by atoms with Crippen molar-refractivity contribution < 1.29 is 9.47 Å². The van der Waals surface area contributed by atoms with Crippen LogP contribution in [0.4, 0.5) is 23.3 Å². The van der Waals surface area contributed by atoms with Crippen molar-refractivity contribution in [3.05, 3.63) is 0 Å². The van der Waals surface area contributed by atoms with E-state index in [1.807, 2.05) is 0 Å². The normalized spacial score (nSPS) is 20.5. The molecule has 0 bridgehead atoms. The van der Waals surface area contributed by atoms with Crippen molar-refractivity contribution in [2.24, 2.45) is 0 Å². The number of nitrogens with two attached hydrogens (primary N) is 2. The predicted octanol–water partition coefficient (Wildman–Crippen LogP) is 0.0944. The molecule has 4 N–H and O–H groups in total. The summed E-state index contributed by atoms with van der Waals surface area (Å²) in [6.45, 7) is 6.16. The van der Waals surface area contributed by atoms with Gasteiger partial charge in [-0.25, -0.2) is 0 Å². The van der Waals surface area contributed by atoms with Gasteiger partial charge in [0.1, 0.15) is 5.69 Å². The first-order chi connectivity index (χ1) is 10.8. The number of hydrogen-bond donors (Lipinski definition) is 2. The Kier molecular flexibility index (Phi) is 4.79. The summed E-state index contributed by atoms with van der Waals surface area (Å²) in [7, 11) is 0. The third-order valence-corrected chi connectivity index (χ3v) is 3.97. The highest BCUT2D eigenvalue weighted by Crippen LogP contribution is 2.31. The van der Waals surface area contributed by atoms with E-state index in [4.69, 9.17) is 20.9 Å². The van der Waals surface area contributed by atoms with Gasteiger partial charge in [-0.1, -0.05) is 0 Å². The van der Waals surface area contributed by atoms with E-state index < -0.39 is 0 Å². The van der Waals surface area contributed by atoms with Crippen LogP contribution in [0.25, 0.3) is 0 Å². The molecule has 8 heteroatoms. The third kappa shape index (κ3) is 3.33. The topological polar surface area (TPSA) is 103 Å². The van der Waals surface area contributed by atoms with Crippen LogP contribution in [-0.2, 0) is 9.47 Å².